The molecule has 1 N–H and O–H groups in total. The fourth-order valence-electron chi connectivity index (χ4n) is 3.07. The van der Waals surface area contributed by atoms with Crippen molar-refractivity contribution in [2.45, 2.75) is 58.4 Å². The third-order valence-corrected chi connectivity index (χ3v) is 4.34. The van der Waals surface area contributed by atoms with Crippen LogP contribution < -0.4 is 5.32 Å². The summed E-state index contributed by atoms with van der Waals surface area (Å²) in [4.78, 5) is 30.5. The van der Waals surface area contributed by atoms with Gasteiger partial charge in [0.15, 0.2) is 0 Å². The normalized spacial score (nSPS) is 18.3. The molecule has 0 bridgehead atoms. The van der Waals surface area contributed by atoms with E-state index in [1.807, 2.05) is 17.0 Å². The number of pyridine rings is 1. The molecule has 0 aromatic carbocycles. The maximum Gasteiger partial charge on any atom is 0.222 e. The Morgan fingerprint density at radius 3 is 2.92 bits per heavy atom. The standard InChI is InChI=1S/C19H29N3O2/c1-15(2)12-19(24)22-11-4-3-7-17(14-22)21-18(23)9-8-16-6-5-10-20-13-16/h5-6,10,13,15,17H,3-4,7-9,11-12,14H2,1-2H3,(H,21,23)/t17-/m0/s1. The van der Waals surface area contributed by atoms with Gasteiger partial charge in [-0.05, 0) is 43.2 Å². The number of aromatic nitrogens is 1. The summed E-state index contributed by atoms with van der Waals surface area (Å²) < 4.78 is 0. The maximum atomic E-state index is 12.3. The predicted molar refractivity (Wildman–Crippen MR) is 94.4 cm³/mol. The summed E-state index contributed by atoms with van der Waals surface area (Å²) in [6.45, 7) is 5.58. The monoisotopic (exact) mass is 331 g/mol. The minimum Gasteiger partial charge on any atom is -0.352 e. The molecule has 5 nitrogen and oxygen atoms in total. The second-order valence-corrected chi connectivity index (χ2v) is 7.06. The van der Waals surface area contributed by atoms with Crippen LogP contribution >= 0.6 is 0 Å². The Morgan fingerprint density at radius 2 is 2.21 bits per heavy atom. The van der Waals surface area contributed by atoms with Gasteiger partial charge in [0.25, 0.3) is 0 Å². The molecule has 0 saturated carbocycles. The lowest BCUT2D eigenvalue weighted by Gasteiger charge is -2.26. The van der Waals surface area contributed by atoms with Gasteiger partial charge in [-0.25, -0.2) is 0 Å². The van der Waals surface area contributed by atoms with Crippen LogP contribution in [0.25, 0.3) is 0 Å². The van der Waals surface area contributed by atoms with E-state index >= 15 is 0 Å². The summed E-state index contributed by atoms with van der Waals surface area (Å²) in [7, 11) is 0. The zero-order valence-electron chi connectivity index (χ0n) is 14.8. The van der Waals surface area contributed by atoms with Crippen molar-refractivity contribution in [3.8, 4) is 0 Å². The molecule has 1 saturated heterocycles. The van der Waals surface area contributed by atoms with Crippen molar-refractivity contribution < 1.29 is 9.59 Å². The molecule has 0 spiro atoms. The molecule has 2 heterocycles. The first-order valence-corrected chi connectivity index (χ1v) is 9.00. The maximum absolute atomic E-state index is 12.3. The molecule has 24 heavy (non-hydrogen) atoms. The Hall–Kier alpha value is -1.91. The van der Waals surface area contributed by atoms with E-state index in [0.29, 0.717) is 31.7 Å². The van der Waals surface area contributed by atoms with Crippen molar-refractivity contribution >= 4 is 11.8 Å². The highest BCUT2D eigenvalue weighted by Crippen LogP contribution is 2.14. The number of rotatable bonds is 6. The molecule has 1 aromatic rings. The van der Waals surface area contributed by atoms with Gasteiger partial charge in [-0.3, -0.25) is 14.6 Å². The van der Waals surface area contributed by atoms with Crippen LogP contribution in [0.4, 0.5) is 0 Å². The first kappa shape index (κ1) is 18.4. The van der Waals surface area contributed by atoms with E-state index in [2.05, 4.69) is 24.1 Å². The minimum atomic E-state index is 0.0574. The van der Waals surface area contributed by atoms with Crippen molar-refractivity contribution in [1.29, 1.82) is 0 Å². The zero-order chi connectivity index (χ0) is 17.4. The highest BCUT2D eigenvalue weighted by atomic mass is 16.2. The van der Waals surface area contributed by atoms with Crippen LogP contribution in [-0.4, -0.2) is 40.8 Å². The van der Waals surface area contributed by atoms with Crippen LogP contribution in [0, 0.1) is 5.92 Å². The summed E-state index contributed by atoms with van der Waals surface area (Å²) in [5, 5.41) is 3.11. The summed E-state index contributed by atoms with van der Waals surface area (Å²) in [6, 6.07) is 3.94. The lowest BCUT2D eigenvalue weighted by molar-refractivity contribution is -0.132. The predicted octanol–water partition coefficient (Wildman–Crippen LogP) is 2.56. The summed E-state index contributed by atoms with van der Waals surface area (Å²) in [5.41, 5.74) is 1.07. The number of hydrogen-bond donors (Lipinski definition) is 1. The zero-order valence-corrected chi connectivity index (χ0v) is 14.8. The average Bonchev–Trinajstić information content (AvgIpc) is 2.79. The molecule has 1 atom stereocenters. The smallest absolute Gasteiger partial charge is 0.222 e. The van der Waals surface area contributed by atoms with Gasteiger partial charge >= 0.3 is 0 Å². The van der Waals surface area contributed by atoms with Crippen LogP contribution in [-0.2, 0) is 16.0 Å². The van der Waals surface area contributed by atoms with Crippen LogP contribution in [0.2, 0.25) is 0 Å². The Morgan fingerprint density at radius 1 is 1.38 bits per heavy atom. The third kappa shape index (κ3) is 6.30. The van der Waals surface area contributed by atoms with Gasteiger partial charge < -0.3 is 10.2 Å². The van der Waals surface area contributed by atoms with E-state index in [1.165, 1.54) is 0 Å². The van der Waals surface area contributed by atoms with E-state index in [9.17, 15) is 9.59 Å². The van der Waals surface area contributed by atoms with Crippen molar-refractivity contribution in [2.24, 2.45) is 5.92 Å². The molecule has 0 unspecified atom stereocenters. The third-order valence-electron chi connectivity index (χ3n) is 4.34. The van der Waals surface area contributed by atoms with Gasteiger partial charge in [0, 0.05) is 44.4 Å². The Balaban J connectivity index is 1.81. The Labute approximate surface area is 144 Å². The molecule has 1 aromatic heterocycles. The number of amides is 2. The van der Waals surface area contributed by atoms with Gasteiger partial charge in [0.05, 0.1) is 0 Å². The van der Waals surface area contributed by atoms with E-state index in [0.717, 1.165) is 31.4 Å². The summed E-state index contributed by atoms with van der Waals surface area (Å²) in [5.74, 6) is 0.636. The largest absolute Gasteiger partial charge is 0.352 e. The molecule has 132 valence electrons. The Kier molecular flexibility index (Phi) is 7.22. The van der Waals surface area contributed by atoms with Crippen LogP contribution in [0.1, 0.15) is 51.5 Å². The molecule has 1 fully saturated rings. The van der Waals surface area contributed by atoms with Crippen LogP contribution in [0.15, 0.2) is 24.5 Å². The number of hydrogen-bond acceptors (Lipinski definition) is 3. The second-order valence-electron chi connectivity index (χ2n) is 7.06. The number of nitrogens with zero attached hydrogens (tertiary/aromatic N) is 2. The van der Waals surface area contributed by atoms with Crippen molar-refractivity contribution in [2.75, 3.05) is 13.1 Å². The van der Waals surface area contributed by atoms with Gasteiger partial charge in [0.1, 0.15) is 0 Å². The second kappa shape index (κ2) is 9.40. The van der Waals surface area contributed by atoms with Crippen molar-refractivity contribution in [3.63, 3.8) is 0 Å². The fourth-order valence-corrected chi connectivity index (χ4v) is 3.07. The van der Waals surface area contributed by atoms with E-state index < -0.39 is 0 Å². The number of carbonyl (C=O) groups is 2. The quantitative estimate of drug-likeness (QED) is 0.871. The van der Waals surface area contributed by atoms with Crippen LogP contribution in [0.3, 0.4) is 0 Å². The first-order valence-electron chi connectivity index (χ1n) is 9.00. The highest BCUT2D eigenvalue weighted by molar-refractivity contribution is 5.78. The highest BCUT2D eigenvalue weighted by Gasteiger charge is 2.23. The van der Waals surface area contributed by atoms with Gasteiger partial charge in [-0.1, -0.05) is 19.9 Å². The molecule has 1 aliphatic heterocycles. The van der Waals surface area contributed by atoms with E-state index in [4.69, 9.17) is 0 Å². The molecule has 2 amide bonds. The minimum absolute atomic E-state index is 0.0574. The van der Waals surface area contributed by atoms with Gasteiger partial charge in [-0.15, -0.1) is 0 Å². The molecule has 5 heteroatoms. The first-order chi connectivity index (χ1) is 11.5. The lowest BCUT2D eigenvalue weighted by atomic mass is 10.1. The van der Waals surface area contributed by atoms with Gasteiger partial charge in [0.2, 0.25) is 11.8 Å². The topological polar surface area (TPSA) is 62.3 Å². The molecule has 0 aliphatic carbocycles. The lowest BCUT2D eigenvalue weighted by Crippen LogP contribution is -2.44. The Bertz CT molecular complexity index is 531. The van der Waals surface area contributed by atoms with E-state index in [-0.39, 0.29) is 17.9 Å². The molecular weight excluding hydrogens is 302 g/mol. The average molecular weight is 331 g/mol. The summed E-state index contributed by atoms with van der Waals surface area (Å²) in [6.07, 6.45) is 8.30. The van der Waals surface area contributed by atoms with Crippen molar-refractivity contribution in [3.05, 3.63) is 30.1 Å². The number of nitrogens with one attached hydrogen (secondary N) is 1. The van der Waals surface area contributed by atoms with Crippen molar-refractivity contribution in [1.82, 2.24) is 15.2 Å². The fraction of sp³-hybridized carbons (Fsp3) is 0.632. The molecule has 2 rings (SSSR count). The van der Waals surface area contributed by atoms with Crippen LogP contribution in [0.5, 0.6) is 0 Å². The van der Waals surface area contributed by atoms with Gasteiger partial charge in [-0.2, -0.15) is 0 Å². The molecular formula is C19H29N3O2. The van der Waals surface area contributed by atoms with E-state index in [1.54, 1.807) is 12.4 Å². The summed E-state index contributed by atoms with van der Waals surface area (Å²) >= 11 is 0. The molecule has 1 aliphatic rings. The number of carbonyl (C=O) groups excluding carboxylic acids is 2. The molecule has 0 radical (unpaired) electrons. The SMILES string of the molecule is CC(C)CC(=O)N1CCCC[C@H](NC(=O)CCc2cccnc2)C1. The number of likely N-dealkylation sites (tertiary alicyclic amines) is 1. The number of aryl methyl sites for hydroxylation is 1.